The van der Waals surface area contributed by atoms with Crippen LogP contribution in [0, 0.1) is 11.8 Å². The molecule has 27 heavy (non-hydrogen) atoms. The van der Waals surface area contributed by atoms with Crippen LogP contribution >= 0.6 is 0 Å². The van der Waals surface area contributed by atoms with E-state index in [1.54, 1.807) is 30.1 Å². The average Bonchev–Trinajstić information content (AvgIpc) is 2.63. The van der Waals surface area contributed by atoms with E-state index in [0.29, 0.717) is 36.1 Å². The summed E-state index contributed by atoms with van der Waals surface area (Å²) in [6.07, 6.45) is 3.09. The van der Waals surface area contributed by atoms with Crippen LogP contribution in [0.5, 0.6) is 0 Å². The van der Waals surface area contributed by atoms with E-state index in [1.165, 1.54) is 0 Å². The van der Waals surface area contributed by atoms with E-state index in [4.69, 9.17) is 0 Å². The van der Waals surface area contributed by atoms with Crippen LogP contribution in [0.3, 0.4) is 0 Å². The van der Waals surface area contributed by atoms with Crippen LogP contribution in [-0.2, 0) is 21.2 Å². The molecule has 0 unspecified atom stereocenters. The predicted molar refractivity (Wildman–Crippen MR) is 107 cm³/mol. The lowest BCUT2D eigenvalue weighted by Gasteiger charge is -2.33. The monoisotopic (exact) mass is 393 g/mol. The third-order valence-corrected chi connectivity index (χ3v) is 7.02. The number of carbonyl (C=O) groups excluding carboxylic acids is 1. The van der Waals surface area contributed by atoms with Gasteiger partial charge in [-0.1, -0.05) is 13.8 Å². The molecule has 2 aliphatic heterocycles. The summed E-state index contributed by atoms with van der Waals surface area (Å²) in [5.41, 5.74) is 1.73. The largest absolute Gasteiger partial charge is 0.315 e. The number of nitrogens with zero attached hydrogens (tertiary/aromatic N) is 2. The van der Waals surface area contributed by atoms with Crippen LogP contribution in [0.25, 0.3) is 0 Å². The second kappa shape index (κ2) is 8.29. The summed E-state index contributed by atoms with van der Waals surface area (Å²) in [4.78, 5) is 16.2. The third kappa shape index (κ3) is 4.89. The van der Waals surface area contributed by atoms with E-state index in [9.17, 15) is 13.2 Å². The van der Waals surface area contributed by atoms with Gasteiger partial charge in [-0.15, -0.1) is 0 Å². The first-order valence-electron chi connectivity index (χ1n) is 9.88. The van der Waals surface area contributed by atoms with Gasteiger partial charge in [0.05, 0.1) is 4.90 Å². The first kappa shape index (κ1) is 20.3. The molecule has 0 bridgehead atoms. The molecule has 2 heterocycles. The fraction of sp³-hybridized carbons (Fsp3) is 0.650. The van der Waals surface area contributed by atoms with Gasteiger partial charge in [0.15, 0.2) is 0 Å². The molecule has 1 N–H and O–H groups in total. The fourth-order valence-corrected chi connectivity index (χ4v) is 5.17. The van der Waals surface area contributed by atoms with Crippen molar-refractivity contribution in [2.75, 3.05) is 38.1 Å². The molecule has 1 aromatic carbocycles. The van der Waals surface area contributed by atoms with Crippen LogP contribution in [0.1, 0.15) is 38.7 Å². The Morgan fingerprint density at radius 1 is 1.19 bits per heavy atom. The number of hydrogen-bond donors (Lipinski definition) is 1. The van der Waals surface area contributed by atoms with E-state index in [2.05, 4.69) is 23.5 Å². The minimum atomic E-state index is -3.52. The molecule has 2 aliphatic rings. The van der Waals surface area contributed by atoms with E-state index in [1.807, 2.05) is 0 Å². The van der Waals surface area contributed by atoms with Crippen molar-refractivity contribution < 1.29 is 13.2 Å². The zero-order chi connectivity index (χ0) is 19.6. The van der Waals surface area contributed by atoms with E-state index < -0.39 is 10.0 Å². The summed E-state index contributed by atoms with van der Waals surface area (Å²) in [5, 5.41) is 0. The Balaban J connectivity index is 1.59. The van der Waals surface area contributed by atoms with Crippen molar-refractivity contribution in [2.24, 2.45) is 11.8 Å². The van der Waals surface area contributed by atoms with Gasteiger partial charge in [0.1, 0.15) is 0 Å². The summed E-state index contributed by atoms with van der Waals surface area (Å²) < 4.78 is 28.2. The predicted octanol–water partition coefficient (Wildman–Crippen LogP) is 2.24. The van der Waals surface area contributed by atoms with E-state index >= 15 is 0 Å². The maximum Gasteiger partial charge on any atom is 0.240 e. The summed E-state index contributed by atoms with van der Waals surface area (Å²) in [6.45, 7) is 8.16. The van der Waals surface area contributed by atoms with Crippen LogP contribution in [-0.4, -0.2) is 52.5 Å². The zero-order valence-electron chi connectivity index (χ0n) is 16.6. The van der Waals surface area contributed by atoms with Gasteiger partial charge in [0.25, 0.3) is 0 Å². The summed E-state index contributed by atoms with van der Waals surface area (Å²) >= 11 is 0. The number of rotatable bonds is 6. The Kier molecular flexibility index (Phi) is 6.23. The molecule has 0 atom stereocenters. The number of piperidine rings is 1. The zero-order valence-corrected chi connectivity index (χ0v) is 17.4. The maximum atomic E-state index is 12.7. The molecule has 150 valence electrons. The summed E-state index contributed by atoms with van der Waals surface area (Å²) in [6, 6.07) is 5.05. The Hall–Kier alpha value is -1.44. The van der Waals surface area contributed by atoms with Gasteiger partial charge in [-0.2, -0.15) is 0 Å². The highest BCUT2D eigenvalue weighted by Crippen LogP contribution is 2.29. The SMILES string of the molecule is CC(C)CN1CCC(CNS(=O)(=O)c2ccc3c(c2)CCC(=O)N3C)CC1. The van der Waals surface area contributed by atoms with Crippen LogP contribution in [0.4, 0.5) is 5.69 Å². The third-order valence-electron chi connectivity index (χ3n) is 5.60. The summed E-state index contributed by atoms with van der Waals surface area (Å²) in [5.74, 6) is 1.13. The van der Waals surface area contributed by atoms with E-state index in [-0.39, 0.29) is 5.91 Å². The van der Waals surface area contributed by atoms with E-state index in [0.717, 1.165) is 43.7 Å². The molecule has 0 spiro atoms. The Morgan fingerprint density at radius 3 is 2.56 bits per heavy atom. The van der Waals surface area contributed by atoms with Crippen molar-refractivity contribution >= 4 is 21.6 Å². The Bertz CT molecular complexity index is 784. The average molecular weight is 394 g/mol. The van der Waals surface area contributed by atoms with Gasteiger partial charge in [-0.3, -0.25) is 4.79 Å². The lowest BCUT2D eigenvalue weighted by molar-refractivity contribution is -0.118. The van der Waals surface area contributed by atoms with Gasteiger partial charge >= 0.3 is 0 Å². The standard InChI is InChI=1S/C20H31N3O3S/c1-15(2)14-23-10-8-16(9-11-23)13-21-27(25,26)18-5-6-19-17(12-18)4-7-20(24)22(19)3/h5-6,12,15-16,21H,4,7-11,13-14H2,1-3H3. The highest BCUT2D eigenvalue weighted by molar-refractivity contribution is 7.89. The van der Waals surface area contributed by atoms with Crippen molar-refractivity contribution in [3.05, 3.63) is 23.8 Å². The van der Waals surface area contributed by atoms with Crippen LogP contribution in [0.2, 0.25) is 0 Å². The molecule has 0 saturated carbocycles. The molecule has 0 aromatic heterocycles. The van der Waals surface area contributed by atoms with Gasteiger partial charge in [-0.25, -0.2) is 13.1 Å². The number of anilines is 1. The minimum absolute atomic E-state index is 0.0695. The van der Waals surface area contributed by atoms with Crippen molar-refractivity contribution in [3.8, 4) is 0 Å². The number of nitrogens with one attached hydrogen (secondary N) is 1. The molecule has 1 saturated heterocycles. The van der Waals surface area contributed by atoms with Gasteiger partial charge in [0.2, 0.25) is 15.9 Å². The highest BCUT2D eigenvalue weighted by Gasteiger charge is 2.25. The quantitative estimate of drug-likeness (QED) is 0.805. The molecular weight excluding hydrogens is 362 g/mol. The lowest BCUT2D eigenvalue weighted by atomic mass is 9.96. The van der Waals surface area contributed by atoms with Gasteiger partial charge < -0.3 is 9.80 Å². The van der Waals surface area contributed by atoms with Crippen molar-refractivity contribution in [1.29, 1.82) is 0 Å². The summed E-state index contributed by atoms with van der Waals surface area (Å²) in [7, 11) is -1.79. The number of carbonyl (C=O) groups is 1. The number of sulfonamides is 1. The molecule has 3 rings (SSSR count). The first-order valence-corrected chi connectivity index (χ1v) is 11.4. The van der Waals surface area contributed by atoms with Crippen molar-refractivity contribution in [1.82, 2.24) is 9.62 Å². The van der Waals surface area contributed by atoms with Crippen LogP contribution in [0.15, 0.2) is 23.1 Å². The smallest absolute Gasteiger partial charge is 0.240 e. The second-order valence-electron chi connectivity index (χ2n) is 8.23. The highest BCUT2D eigenvalue weighted by atomic mass is 32.2. The normalized spacial score (nSPS) is 19.6. The number of likely N-dealkylation sites (tertiary alicyclic amines) is 1. The number of aryl methyl sites for hydroxylation is 1. The topological polar surface area (TPSA) is 69.7 Å². The number of amides is 1. The molecular formula is C20H31N3O3S. The molecule has 0 aliphatic carbocycles. The van der Waals surface area contributed by atoms with Crippen LogP contribution < -0.4 is 9.62 Å². The second-order valence-corrected chi connectivity index (χ2v) is 10.00. The van der Waals surface area contributed by atoms with Gasteiger partial charge in [0, 0.05) is 32.2 Å². The van der Waals surface area contributed by atoms with Gasteiger partial charge in [-0.05, 0) is 68.0 Å². The fourth-order valence-electron chi connectivity index (χ4n) is 4.00. The maximum absolute atomic E-state index is 12.7. The number of fused-ring (bicyclic) bond motifs is 1. The molecule has 7 heteroatoms. The molecule has 0 radical (unpaired) electrons. The van der Waals surface area contributed by atoms with Crippen molar-refractivity contribution in [2.45, 2.75) is 44.4 Å². The minimum Gasteiger partial charge on any atom is -0.315 e. The molecule has 1 fully saturated rings. The Labute approximate surface area is 163 Å². The molecule has 1 amide bonds. The first-order chi connectivity index (χ1) is 12.8. The van der Waals surface area contributed by atoms with Crippen molar-refractivity contribution in [3.63, 3.8) is 0 Å². The molecule has 6 nitrogen and oxygen atoms in total. The number of hydrogen-bond acceptors (Lipinski definition) is 4. The molecule has 1 aromatic rings. The number of benzene rings is 1. The lowest BCUT2D eigenvalue weighted by Crippen LogP contribution is -2.40. The Morgan fingerprint density at radius 2 is 1.89 bits per heavy atom.